The van der Waals surface area contributed by atoms with Gasteiger partial charge in [0.05, 0.1) is 28.0 Å². The number of thiazole rings is 1. The Hall–Kier alpha value is -1.17. The number of alkyl halides is 1. The fourth-order valence-corrected chi connectivity index (χ4v) is 3.32. The Morgan fingerprint density at radius 2 is 2.19 bits per heavy atom. The molecule has 21 heavy (non-hydrogen) atoms. The number of aryl methyl sites for hydroxylation is 1. The predicted octanol–water partition coefficient (Wildman–Crippen LogP) is 4.94. The molecule has 7 heteroatoms. The molecule has 0 N–H and O–H groups in total. The summed E-state index contributed by atoms with van der Waals surface area (Å²) in [5.41, 5.74) is 1.31. The number of imidazole rings is 1. The molecule has 0 aliphatic carbocycles. The predicted molar refractivity (Wildman–Crippen MR) is 84.9 cm³/mol. The molecule has 2 heterocycles. The molecule has 3 nitrogen and oxygen atoms in total. The van der Waals surface area contributed by atoms with Crippen molar-refractivity contribution in [2.24, 2.45) is 0 Å². The maximum atomic E-state index is 13.8. The summed E-state index contributed by atoms with van der Waals surface area (Å²) in [6, 6.07) is 2.92. The van der Waals surface area contributed by atoms with E-state index in [0.717, 1.165) is 9.88 Å². The third-order valence-corrected chi connectivity index (χ3v) is 4.52. The standard InChI is InChI=1S/C14H12Cl2FN3S/c1-7-5-18-13(21-7)6-20-12-4-10(17)9(16)3-11(12)19-14(20)8(2)15/h3-5,8H,6H2,1-2H3. The van der Waals surface area contributed by atoms with E-state index in [2.05, 4.69) is 9.97 Å². The van der Waals surface area contributed by atoms with E-state index in [1.54, 1.807) is 11.3 Å². The molecule has 3 rings (SSSR count). The fourth-order valence-electron chi connectivity index (χ4n) is 2.22. The largest absolute Gasteiger partial charge is 0.320 e. The summed E-state index contributed by atoms with van der Waals surface area (Å²) >= 11 is 13.6. The van der Waals surface area contributed by atoms with Gasteiger partial charge >= 0.3 is 0 Å². The lowest BCUT2D eigenvalue weighted by Crippen LogP contribution is -2.05. The topological polar surface area (TPSA) is 30.7 Å². The van der Waals surface area contributed by atoms with Crippen LogP contribution in [-0.2, 0) is 6.54 Å². The number of fused-ring (bicyclic) bond motifs is 1. The van der Waals surface area contributed by atoms with E-state index in [-0.39, 0.29) is 10.4 Å². The second kappa shape index (κ2) is 5.55. The first-order valence-electron chi connectivity index (χ1n) is 6.36. The zero-order chi connectivity index (χ0) is 15.1. The maximum Gasteiger partial charge on any atom is 0.144 e. The van der Waals surface area contributed by atoms with Gasteiger partial charge in [0.2, 0.25) is 0 Å². The minimum atomic E-state index is -0.464. The molecule has 0 saturated heterocycles. The first-order chi connectivity index (χ1) is 9.95. The van der Waals surface area contributed by atoms with Crippen LogP contribution in [0.1, 0.15) is 28.0 Å². The van der Waals surface area contributed by atoms with E-state index in [4.69, 9.17) is 23.2 Å². The molecule has 0 saturated carbocycles. The van der Waals surface area contributed by atoms with Crippen molar-refractivity contribution in [3.63, 3.8) is 0 Å². The minimum Gasteiger partial charge on any atom is -0.320 e. The number of hydrogen-bond acceptors (Lipinski definition) is 3. The fraction of sp³-hybridized carbons (Fsp3) is 0.286. The van der Waals surface area contributed by atoms with E-state index in [9.17, 15) is 4.39 Å². The van der Waals surface area contributed by atoms with E-state index >= 15 is 0 Å². The Balaban J connectivity index is 2.17. The van der Waals surface area contributed by atoms with E-state index < -0.39 is 5.82 Å². The highest BCUT2D eigenvalue weighted by Gasteiger charge is 2.18. The number of hydrogen-bond donors (Lipinski definition) is 0. The second-order valence-corrected chi connectivity index (χ2v) is 7.17. The first-order valence-corrected chi connectivity index (χ1v) is 7.99. The van der Waals surface area contributed by atoms with Crippen molar-refractivity contribution in [2.75, 3.05) is 0 Å². The van der Waals surface area contributed by atoms with Crippen LogP contribution in [0.2, 0.25) is 5.02 Å². The van der Waals surface area contributed by atoms with Crippen LogP contribution in [0.25, 0.3) is 11.0 Å². The van der Waals surface area contributed by atoms with E-state index in [1.165, 1.54) is 12.1 Å². The lowest BCUT2D eigenvalue weighted by Gasteiger charge is -2.08. The summed E-state index contributed by atoms with van der Waals surface area (Å²) in [4.78, 5) is 9.95. The molecular weight excluding hydrogens is 332 g/mol. The molecule has 2 aromatic heterocycles. The number of nitrogens with zero attached hydrogens (tertiary/aromatic N) is 3. The number of halogens is 3. The van der Waals surface area contributed by atoms with Crippen molar-refractivity contribution in [3.8, 4) is 0 Å². The third-order valence-electron chi connectivity index (χ3n) is 3.14. The summed E-state index contributed by atoms with van der Waals surface area (Å²) in [5.74, 6) is 0.218. The number of rotatable bonds is 3. The van der Waals surface area contributed by atoms with Crippen LogP contribution < -0.4 is 0 Å². The molecule has 0 amide bonds. The van der Waals surface area contributed by atoms with Gasteiger partial charge in [-0.2, -0.15) is 0 Å². The number of aromatic nitrogens is 3. The summed E-state index contributed by atoms with van der Waals surface area (Å²) in [6.07, 6.45) is 1.82. The lowest BCUT2D eigenvalue weighted by atomic mass is 10.3. The molecule has 1 aromatic carbocycles. The molecule has 1 atom stereocenters. The summed E-state index contributed by atoms with van der Waals surface area (Å²) in [7, 11) is 0. The van der Waals surface area contributed by atoms with Crippen molar-refractivity contribution in [3.05, 3.63) is 44.9 Å². The van der Waals surface area contributed by atoms with Crippen molar-refractivity contribution >= 4 is 45.6 Å². The van der Waals surface area contributed by atoms with Crippen molar-refractivity contribution in [1.29, 1.82) is 0 Å². The summed E-state index contributed by atoms with van der Waals surface area (Å²) < 4.78 is 15.7. The molecule has 1 unspecified atom stereocenters. The average Bonchev–Trinajstić information content (AvgIpc) is 2.96. The summed E-state index contributed by atoms with van der Waals surface area (Å²) in [5, 5.41) is 0.701. The van der Waals surface area contributed by atoms with Gasteiger partial charge in [-0.15, -0.1) is 22.9 Å². The monoisotopic (exact) mass is 343 g/mol. The quantitative estimate of drug-likeness (QED) is 0.630. The normalized spacial score (nSPS) is 13.0. The highest BCUT2D eigenvalue weighted by Crippen LogP contribution is 2.29. The Kier molecular flexibility index (Phi) is 3.90. The van der Waals surface area contributed by atoms with Gasteiger partial charge in [0.15, 0.2) is 0 Å². The molecule has 0 aliphatic rings. The first kappa shape index (κ1) is 14.8. The van der Waals surface area contributed by atoms with Gasteiger partial charge in [-0.3, -0.25) is 0 Å². The third kappa shape index (κ3) is 2.78. The van der Waals surface area contributed by atoms with Crippen LogP contribution in [-0.4, -0.2) is 14.5 Å². The molecular formula is C14H12Cl2FN3S. The summed E-state index contributed by atoms with van der Waals surface area (Å²) in [6.45, 7) is 4.35. The van der Waals surface area contributed by atoms with Crippen LogP contribution in [0, 0.1) is 12.7 Å². The SMILES string of the molecule is Cc1cnc(Cn2c(C(C)Cl)nc3cc(Cl)c(F)cc32)s1. The van der Waals surface area contributed by atoms with Crippen molar-refractivity contribution < 1.29 is 4.39 Å². The van der Waals surface area contributed by atoms with E-state index in [0.29, 0.717) is 23.4 Å². The highest BCUT2D eigenvalue weighted by molar-refractivity contribution is 7.11. The van der Waals surface area contributed by atoms with E-state index in [1.807, 2.05) is 24.6 Å². The van der Waals surface area contributed by atoms with Crippen LogP contribution in [0.3, 0.4) is 0 Å². The molecule has 0 spiro atoms. The van der Waals surface area contributed by atoms with Gasteiger partial charge in [-0.1, -0.05) is 11.6 Å². The molecule has 0 bridgehead atoms. The maximum absolute atomic E-state index is 13.8. The molecule has 0 aliphatic heterocycles. The molecule has 3 aromatic rings. The van der Waals surface area contributed by atoms with Crippen LogP contribution >= 0.6 is 34.5 Å². The van der Waals surface area contributed by atoms with Crippen molar-refractivity contribution in [1.82, 2.24) is 14.5 Å². The smallest absolute Gasteiger partial charge is 0.144 e. The Bertz CT molecular complexity index is 810. The van der Waals surface area contributed by atoms with Gasteiger partial charge in [-0.05, 0) is 19.9 Å². The van der Waals surface area contributed by atoms with Gasteiger partial charge in [0, 0.05) is 17.1 Å². The van der Waals surface area contributed by atoms with Crippen LogP contribution in [0.5, 0.6) is 0 Å². The second-order valence-electron chi connectivity index (χ2n) is 4.79. The number of benzene rings is 1. The average molecular weight is 344 g/mol. The zero-order valence-electron chi connectivity index (χ0n) is 11.4. The van der Waals surface area contributed by atoms with Crippen LogP contribution in [0.4, 0.5) is 4.39 Å². The Labute approximate surface area is 135 Å². The van der Waals surface area contributed by atoms with Gasteiger partial charge < -0.3 is 4.57 Å². The minimum absolute atomic E-state index is 0.0611. The Morgan fingerprint density at radius 3 is 2.81 bits per heavy atom. The van der Waals surface area contributed by atoms with Gasteiger partial charge in [0.25, 0.3) is 0 Å². The van der Waals surface area contributed by atoms with Crippen molar-refractivity contribution in [2.45, 2.75) is 25.8 Å². The zero-order valence-corrected chi connectivity index (χ0v) is 13.7. The molecule has 110 valence electrons. The highest BCUT2D eigenvalue weighted by atomic mass is 35.5. The van der Waals surface area contributed by atoms with Gasteiger partial charge in [-0.25, -0.2) is 14.4 Å². The molecule has 0 radical (unpaired) electrons. The van der Waals surface area contributed by atoms with Gasteiger partial charge in [0.1, 0.15) is 16.6 Å². The lowest BCUT2D eigenvalue weighted by molar-refractivity contribution is 0.628. The van der Waals surface area contributed by atoms with Crippen LogP contribution in [0.15, 0.2) is 18.3 Å². The molecule has 0 fully saturated rings. The Morgan fingerprint density at radius 1 is 1.43 bits per heavy atom.